The Hall–Kier alpha value is -2.75. The third kappa shape index (κ3) is 6.94. The number of alkyl halides is 4. The maximum Gasteiger partial charge on any atom is 0.419 e. The molecule has 30 heavy (non-hydrogen) atoms. The van der Waals surface area contributed by atoms with Crippen molar-refractivity contribution in [1.82, 2.24) is 0 Å². The van der Waals surface area contributed by atoms with Crippen molar-refractivity contribution >= 4 is 39.5 Å². The number of ether oxygens (including phenoxy) is 2. The summed E-state index contributed by atoms with van der Waals surface area (Å²) < 4.78 is 49.3. The summed E-state index contributed by atoms with van der Waals surface area (Å²) in [6, 6.07) is 10.4. The number of rotatable bonds is 6. The van der Waals surface area contributed by atoms with Gasteiger partial charge < -0.3 is 9.47 Å². The molecule has 2 rings (SSSR count). The van der Waals surface area contributed by atoms with Crippen LogP contribution in [0.4, 0.5) is 34.1 Å². The summed E-state index contributed by atoms with van der Waals surface area (Å²) in [7, 11) is 0. The molecular weight excluding hydrogens is 469 g/mol. The van der Waals surface area contributed by atoms with E-state index >= 15 is 0 Å². The average molecular weight is 489 g/mol. The molecule has 6 nitrogen and oxygen atoms in total. The summed E-state index contributed by atoms with van der Waals surface area (Å²) in [4.78, 5) is 25.4. The highest BCUT2D eigenvalue weighted by molar-refractivity contribution is 9.09. The lowest BCUT2D eigenvalue weighted by Gasteiger charge is -2.22. The first kappa shape index (κ1) is 23.5. The van der Waals surface area contributed by atoms with Crippen molar-refractivity contribution < 1.29 is 32.2 Å². The maximum atomic E-state index is 13.0. The first-order chi connectivity index (χ1) is 14.1. The van der Waals surface area contributed by atoms with Gasteiger partial charge in [-0.3, -0.25) is 10.2 Å². The molecule has 0 aliphatic heterocycles. The van der Waals surface area contributed by atoms with Gasteiger partial charge in [-0.15, -0.1) is 0 Å². The molecule has 162 valence electrons. The highest BCUT2D eigenvalue weighted by Gasteiger charge is 2.31. The standard InChI is InChI=1S/C20H20BrF3N2O4/c1-13(2)29-18(27)25-15-6-4-8-17(12-15)30-19(28)26(10-9-21)16-7-3-5-14(11-16)20(22,23)24/h3-8,11-13H,9-10H2,1-2H3,(H,25,27). The summed E-state index contributed by atoms with van der Waals surface area (Å²) >= 11 is 3.18. The van der Waals surface area contributed by atoms with Crippen LogP contribution in [0.2, 0.25) is 0 Å². The smallest absolute Gasteiger partial charge is 0.419 e. The monoisotopic (exact) mass is 488 g/mol. The summed E-state index contributed by atoms with van der Waals surface area (Å²) in [6.45, 7) is 3.48. The highest BCUT2D eigenvalue weighted by Crippen LogP contribution is 2.32. The van der Waals surface area contributed by atoms with Gasteiger partial charge in [-0.2, -0.15) is 13.2 Å². The minimum absolute atomic E-state index is 0.0454. The Morgan fingerprint density at radius 2 is 1.83 bits per heavy atom. The molecule has 0 atom stereocenters. The van der Waals surface area contributed by atoms with Gasteiger partial charge in [0.2, 0.25) is 0 Å². The molecule has 0 aliphatic carbocycles. The van der Waals surface area contributed by atoms with Crippen LogP contribution in [0.15, 0.2) is 48.5 Å². The van der Waals surface area contributed by atoms with Crippen molar-refractivity contribution in [3.05, 3.63) is 54.1 Å². The molecule has 0 aromatic heterocycles. The van der Waals surface area contributed by atoms with Crippen LogP contribution in [0.3, 0.4) is 0 Å². The highest BCUT2D eigenvalue weighted by atomic mass is 79.9. The van der Waals surface area contributed by atoms with E-state index in [1.165, 1.54) is 24.3 Å². The van der Waals surface area contributed by atoms with Crippen molar-refractivity contribution in [2.75, 3.05) is 22.1 Å². The van der Waals surface area contributed by atoms with Gasteiger partial charge in [0.1, 0.15) is 5.75 Å². The first-order valence-electron chi connectivity index (χ1n) is 8.90. The van der Waals surface area contributed by atoms with E-state index in [0.29, 0.717) is 11.0 Å². The number of nitrogens with one attached hydrogen (secondary N) is 1. The van der Waals surface area contributed by atoms with Crippen molar-refractivity contribution in [2.45, 2.75) is 26.1 Å². The second-order valence-corrected chi connectivity index (χ2v) is 7.16. The minimum Gasteiger partial charge on any atom is -0.447 e. The molecule has 2 amide bonds. The van der Waals surface area contributed by atoms with E-state index < -0.39 is 23.9 Å². The topological polar surface area (TPSA) is 67.9 Å². The summed E-state index contributed by atoms with van der Waals surface area (Å²) in [5.41, 5.74) is -0.497. The molecule has 0 saturated heterocycles. The number of amides is 2. The Labute approximate surface area is 180 Å². The second kappa shape index (κ2) is 10.3. The van der Waals surface area contributed by atoms with Crippen molar-refractivity contribution in [3.8, 4) is 5.75 Å². The summed E-state index contributed by atoms with van der Waals surface area (Å²) in [5.74, 6) is 0.105. The van der Waals surface area contributed by atoms with E-state index in [1.54, 1.807) is 26.0 Å². The molecular formula is C20H20BrF3N2O4. The first-order valence-corrected chi connectivity index (χ1v) is 10.0. The van der Waals surface area contributed by atoms with Gasteiger partial charge in [-0.25, -0.2) is 9.59 Å². The average Bonchev–Trinajstić information content (AvgIpc) is 2.65. The molecule has 1 N–H and O–H groups in total. The Kier molecular flexibility index (Phi) is 8.10. The van der Waals surface area contributed by atoms with Gasteiger partial charge in [0.25, 0.3) is 0 Å². The number of halogens is 4. The lowest BCUT2D eigenvalue weighted by molar-refractivity contribution is -0.137. The van der Waals surface area contributed by atoms with Crippen LogP contribution in [-0.4, -0.2) is 30.2 Å². The molecule has 0 radical (unpaired) electrons. The Balaban J connectivity index is 2.18. The predicted molar refractivity (Wildman–Crippen MR) is 110 cm³/mol. The molecule has 0 saturated carbocycles. The van der Waals surface area contributed by atoms with Crippen LogP contribution in [0.1, 0.15) is 19.4 Å². The zero-order chi connectivity index (χ0) is 22.3. The molecule has 0 bridgehead atoms. The number of nitrogens with zero attached hydrogens (tertiary/aromatic N) is 1. The van der Waals surface area contributed by atoms with Gasteiger partial charge in [-0.1, -0.05) is 28.1 Å². The van der Waals surface area contributed by atoms with Crippen LogP contribution in [0.25, 0.3) is 0 Å². The molecule has 0 aliphatic rings. The van der Waals surface area contributed by atoms with Crippen LogP contribution in [0, 0.1) is 0 Å². The van der Waals surface area contributed by atoms with E-state index in [2.05, 4.69) is 21.2 Å². The van der Waals surface area contributed by atoms with Gasteiger partial charge in [0.15, 0.2) is 0 Å². The molecule has 0 unspecified atom stereocenters. The number of anilines is 2. The van der Waals surface area contributed by atoms with Crippen molar-refractivity contribution in [3.63, 3.8) is 0 Å². The molecule has 2 aromatic carbocycles. The van der Waals surface area contributed by atoms with Gasteiger partial charge in [0.05, 0.1) is 11.7 Å². The SMILES string of the molecule is CC(C)OC(=O)Nc1cccc(OC(=O)N(CCBr)c2cccc(C(F)(F)F)c2)c1. The molecule has 0 spiro atoms. The largest absolute Gasteiger partial charge is 0.447 e. The fraction of sp³-hybridized carbons (Fsp3) is 0.300. The lowest BCUT2D eigenvalue weighted by atomic mass is 10.2. The Bertz CT molecular complexity index is 890. The van der Waals surface area contributed by atoms with Gasteiger partial charge in [-0.05, 0) is 44.2 Å². The van der Waals surface area contributed by atoms with E-state index in [4.69, 9.17) is 9.47 Å². The lowest BCUT2D eigenvalue weighted by Crippen LogP contribution is -2.35. The fourth-order valence-corrected chi connectivity index (χ4v) is 2.77. The maximum absolute atomic E-state index is 13.0. The molecule has 0 fully saturated rings. The number of hydrogen-bond acceptors (Lipinski definition) is 4. The van der Waals surface area contributed by atoms with Crippen LogP contribution >= 0.6 is 15.9 Å². The second-order valence-electron chi connectivity index (χ2n) is 6.36. The Morgan fingerprint density at radius 3 is 2.47 bits per heavy atom. The number of benzene rings is 2. The predicted octanol–water partition coefficient (Wildman–Crippen LogP) is 6.06. The third-order valence-corrected chi connectivity index (χ3v) is 4.00. The number of carbonyl (C=O) groups is 2. The van der Waals surface area contributed by atoms with Crippen LogP contribution in [-0.2, 0) is 10.9 Å². The number of carbonyl (C=O) groups excluding carboxylic acids is 2. The van der Waals surface area contributed by atoms with Crippen LogP contribution in [0.5, 0.6) is 5.75 Å². The fourth-order valence-electron chi connectivity index (χ4n) is 2.42. The van der Waals surface area contributed by atoms with Gasteiger partial charge in [0, 0.05) is 29.3 Å². The van der Waals surface area contributed by atoms with E-state index in [9.17, 15) is 22.8 Å². The molecule has 10 heteroatoms. The normalized spacial score (nSPS) is 11.2. The summed E-state index contributed by atoms with van der Waals surface area (Å²) in [6.07, 6.45) is -6.38. The number of hydrogen-bond donors (Lipinski definition) is 1. The minimum atomic E-state index is -4.54. The summed E-state index contributed by atoms with van der Waals surface area (Å²) in [5, 5.41) is 2.82. The Morgan fingerprint density at radius 1 is 1.13 bits per heavy atom. The third-order valence-electron chi connectivity index (χ3n) is 3.64. The van der Waals surface area contributed by atoms with E-state index in [1.807, 2.05) is 0 Å². The van der Waals surface area contributed by atoms with Crippen molar-refractivity contribution in [2.24, 2.45) is 0 Å². The zero-order valence-electron chi connectivity index (χ0n) is 16.2. The van der Waals surface area contributed by atoms with Crippen LogP contribution < -0.4 is 15.0 Å². The van der Waals surface area contributed by atoms with E-state index in [0.717, 1.165) is 17.0 Å². The molecule has 2 aromatic rings. The quantitative estimate of drug-likeness (QED) is 0.501. The van der Waals surface area contributed by atoms with E-state index in [-0.39, 0.29) is 24.1 Å². The molecule has 0 heterocycles. The zero-order valence-corrected chi connectivity index (χ0v) is 17.8. The van der Waals surface area contributed by atoms with Crippen molar-refractivity contribution in [1.29, 1.82) is 0 Å². The van der Waals surface area contributed by atoms with Gasteiger partial charge >= 0.3 is 18.4 Å².